The van der Waals surface area contributed by atoms with Crippen molar-refractivity contribution in [2.45, 2.75) is 32.2 Å². The van der Waals surface area contributed by atoms with Crippen LogP contribution < -0.4 is 16.0 Å². The van der Waals surface area contributed by atoms with E-state index in [4.69, 9.17) is 0 Å². The van der Waals surface area contributed by atoms with E-state index < -0.39 is 0 Å². The molecule has 0 atom stereocenters. The maximum atomic E-state index is 3.60. The van der Waals surface area contributed by atoms with Crippen molar-refractivity contribution < 1.29 is 0 Å². The van der Waals surface area contributed by atoms with Crippen LogP contribution in [0.4, 0.5) is 0 Å². The van der Waals surface area contributed by atoms with Crippen LogP contribution in [0.3, 0.4) is 0 Å². The van der Waals surface area contributed by atoms with Crippen molar-refractivity contribution in [2.75, 3.05) is 52.4 Å². The van der Waals surface area contributed by atoms with E-state index in [-0.39, 0.29) is 12.4 Å². The van der Waals surface area contributed by atoms with Gasteiger partial charge in [-0.2, -0.15) is 0 Å². The second kappa shape index (κ2) is 13.9. The topological polar surface area (TPSA) is 39.3 Å². The fourth-order valence-corrected chi connectivity index (χ4v) is 3.81. The van der Waals surface area contributed by atoms with E-state index >= 15 is 0 Å². The summed E-state index contributed by atoms with van der Waals surface area (Å²) in [7, 11) is 0. The summed E-state index contributed by atoms with van der Waals surface area (Å²) in [6, 6.07) is 15.2. The lowest BCUT2D eigenvalue weighted by Gasteiger charge is -2.27. The summed E-state index contributed by atoms with van der Waals surface area (Å²) in [4.78, 5) is 2.58. The summed E-state index contributed by atoms with van der Waals surface area (Å²) in [6.45, 7) is 10.4. The third-order valence-electron chi connectivity index (χ3n) is 5.44. The molecular formula is C23H37ClN4. The maximum absolute atomic E-state index is 3.60. The Bertz CT molecular complexity index is 653. The quantitative estimate of drug-likeness (QED) is 0.474. The molecule has 1 fully saturated rings. The molecule has 0 aromatic heterocycles. The van der Waals surface area contributed by atoms with Gasteiger partial charge in [0.1, 0.15) is 0 Å². The zero-order valence-corrected chi connectivity index (χ0v) is 17.9. The molecule has 4 nitrogen and oxygen atoms in total. The first-order valence-corrected chi connectivity index (χ1v) is 10.7. The van der Waals surface area contributed by atoms with Gasteiger partial charge in [0.2, 0.25) is 0 Å². The van der Waals surface area contributed by atoms with E-state index in [1.807, 2.05) is 0 Å². The van der Waals surface area contributed by atoms with Crippen molar-refractivity contribution >= 4 is 23.2 Å². The van der Waals surface area contributed by atoms with Gasteiger partial charge in [-0.3, -0.25) is 0 Å². The molecule has 3 N–H and O–H groups in total. The van der Waals surface area contributed by atoms with E-state index in [0.29, 0.717) is 0 Å². The Morgan fingerprint density at radius 1 is 0.786 bits per heavy atom. The zero-order valence-electron chi connectivity index (χ0n) is 17.1. The SMILES string of the molecule is Cl.c1ccc2c(CNCCCCNCCCCN3CCNCC3)cccc2c1. The first kappa shape index (κ1) is 23.1. The molecule has 2 aromatic rings. The number of nitrogens with one attached hydrogen (secondary N) is 3. The number of hydrogen-bond donors (Lipinski definition) is 3. The standard InChI is InChI=1S/C23H36N4.ClH/c1-2-11-23-21(8-1)9-7-10-22(23)20-26-14-4-3-12-24-13-5-6-17-27-18-15-25-16-19-27;/h1-2,7-11,24-26H,3-6,12-20H2;1H. The fourth-order valence-electron chi connectivity index (χ4n) is 3.81. The van der Waals surface area contributed by atoms with Gasteiger partial charge in [0, 0.05) is 32.7 Å². The first-order chi connectivity index (χ1) is 13.4. The van der Waals surface area contributed by atoms with Crippen LogP contribution in [0.5, 0.6) is 0 Å². The minimum atomic E-state index is 0. The van der Waals surface area contributed by atoms with Crippen LogP contribution in [0.25, 0.3) is 10.8 Å². The van der Waals surface area contributed by atoms with E-state index in [0.717, 1.165) is 39.3 Å². The van der Waals surface area contributed by atoms with Crippen LogP contribution in [-0.4, -0.2) is 57.3 Å². The lowest BCUT2D eigenvalue weighted by molar-refractivity contribution is 0.236. The molecule has 1 aliphatic heterocycles. The van der Waals surface area contributed by atoms with E-state index in [9.17, 15) is 0 Å². The smallest absolute Gasteiger partial charge is 0.0211 e. The van der Waals surface area contributed by atoms with Crippen molar-refractivity contribution in [1.29, 1.82) is 0 Å². The molecular weight excluding hydrogens is 368 g/mol. The molecule has 0 radical (unpaired) electrons. The molecule has 0 bridgehead atoms. The summed E-state index contributed by atoms with van der Waals surface area (Å²) in [5.74, 6) is 0. The molecule has 0 saturated carbocycles. The van der Waals surface area contributed by atoms with Crippen molar-refractivity contribution in [3.63, 3.8) is 0 Å². The zero-order chi connectivity index (χ0) is 18.6. The van der Waals surface area contributed by atoms with Gasteiger partial charge in [-0.15, -0.1) is 12.4 Å². The van der Waals surface area contributed by atoms with Gasteiger partial charge < -0.3 is 20.9 Å². The molecule has 0 amide bonds. The van der Waals surface area contributed by atoms with Gasteiger partial charge in [-0.25, -0.2) is 0 Å². The molecule has 1 heterocycles. The summed E-state index contributed by atoms with van der Waals surface area (Å²) >= 11 is 0. The summed E-state index contributed by atoms with van der Waals surface area (Å²) in [6.07, 6.45) is 5.10. The number of rotatable bonds is 12. The van der Waals surface area contributed by atoms with Crippen LogP contribution in [0.1, 0.15) is 31.2 Å². The monoisotopic (exact) mass is 404 g/mol. The molecule has 2 aromatic carbocycles. The summed E-state index contributed by atoms with van der Waals surface area (Å²) < 4.78 is 0. The summed E-state index contributed by atoms with van der Waals surface area (Å²) in [5, 5.41) is 13.3. The summed E-state index contributed by atoms with van der Waals surface area (Å²) in [5.41, 5.74) is 1.40. The highest BCUT2D eigenvalue weighted by molar-refractivity contribution is 5.85. The lowest BCUT2D eigenvalue weighted by atomic mass is 10.0. The third kappa shape index (κ3) is 8.06. The molecule has 0 aliphatic carbocycles. The average molecular weight is 405 g/mol. The van der Waals surface area contributed by atoms with Crippen LogP contribution in [-0.2, 0) is 6.54 Å². The number of nitrogens with zero attached hydrogens (tertiary/aromatic N) is 1. The molecule has 28 heavy (non-hydrogen) atoms. The van der Waals surface area contributed by atoms with Crippen molar-refractivity contribution in [1.82, 2.24) is 20.9 Å². The Kier molecular flexibility index (Phi) is 11.5. The van der Waals surface area contributed by atoms with Crippen LogP contribution >= 0.6 is 12.4 Å². The van der Waals surface area contributed by atoms with Crippen molar-refractivity contribution in [2.24, 2.45) is 0 Å². The largest absolute Gasteiger partial charge is 0.317 e. The minimum absolute atomic E-state index is 0. The number of piperazine rings is 1. The number of fused-ring (bicyclic) bond motifs is 1. The Morgan fingerprint density at radius 3 is 2.29 bits per heavy atom. The normalized spacial score (nSPS) is 14.9. The Morgan fingerprint density at radius 2 is 1.46 bits per heavy atom. The second-order valence-corrected chi connectivity index (χ2v) is 7.57. The molecule has 3 rings (SSSR count). The first-order valence-electron chi connectivity index (χ1n) is 10.7. The Labute approximate surface area is 176 Å². The van der Waals surface area contributed by atoms with Crippen LogP contribution in [0, 0.1) is 0 Å². The van der Waals surface area contributed by atoms with Crippen molar-refractivity contribution in [3.8, 4) is 0 Å². The molecule has 1 saturated heterocycles. The third-order valence-corrected chi connectivity index (χ3v) is 5.44. The van der Waals surface area contributed by atoms with Gasteiger partial charge >= 0.3 is 0 Å². The number of unbranched alkanes of at least 4 members (excludes halogenated alkanes) is 2. The Hall–Kier alpha value is -1.17. The number of halogens is 1. The number of hydrogen-bond acceptors (Lipinski definition) is 4. The van der Waals surface area contributed by atoms with Gasteiger partial charge in [-0.1, -0.05) is 42.5 Å². The van der Waals surface area contributed by atoms with Crippen molar-refractivity contribution in [3.05, 3.63) is 48.0 Å². The number of benzene rings is 2. The molecule has 156 valence electrons. The Balaban J connectivity index is 0.00000280. The lowest BCUT2D eigenvalue weighted by Crippen LogP contribution is -2.43. The molecule has 1 aliphatic rings. The van der Waals surface area contributed by atoms with Gasteiger partial charge in [0.25, 0.3) is 0 Å². The van der Waals surface area contributed by atoms with E-state index in [1.165, 1.54) is 61.7 Å². The average Bonchev–Trinajstić information content (AvgIpc) is 2.73. The van der Waals surface area contributed by atoms with Gasteiger partial charge in [0.05, 0.1) is 0 Å². The maximum Gasteiger partial charge on any atom is 0.0211 e. The highest BCUT2D eigenvalue weighted by Gasteiger charge is 2.07. The highest BCUT2D eigenvalue weighted by Crippen LogP contribution is 2.18. The van der Waals surface area contributed by atoms with Gasteiger partial charge in [-0.05, 0) is 68.2 Å². The second-order valence-electron chi connectivity index (χ2n) is 7.57. The van der Waals surface area contributed by atoms with E-state index in [1.54, 1.807) is 0 Å². The van der Waals surface area contributed by atoms with Crippen LogP contribution in [0.15, 0.2) is 42.5 Å². The van der Waals surface area contributed by atoms with Gasteiger partial charge in [0.15, 0.2) is 0 Å². The molecule has 5 heteroatoms. The van der Waals surface area contributed by atoms with Crippen LogP contribution in [0.2, 0.25) is 0 Å². The molecule has 0 spiro atoms. The fraction of sp³-hybridized carbons (Fsp3) is 0.565. The predicted octanol–water partition coefficient (Wildman–Crippen LogP) is 3.41. The predicted molar refractivity (Wildman–Crippen MR) is 124 cm³/mol. The highest BCUT2D eigenvalue weighted by atomic mass is 35.5. The van der Waals surface area contributed by atoms with E-state index in [2.05, 4.69) is 63.3 Å². The molecule has 0 unspecified atom stereocenters. The minimum Gasteiger partial charge on any atom is -0.317 e.